The zero-order valence-electron chi connectivity index (χ0n) is 15.8. The third kappa shape index (κ3) is 3.77. The van der Waals surface area contributed by atoms with E-state index in [0.29, 0.717) is 15.6 Å². The number of hydrogen-bond acceptors (Lipinski definition) is 5. The number of likely N-dealkylation sites (N-methyl/N-ethyl adjacent to an activating group) is 1. The van der Waals surface area contributed by atoms with Crippen LogP contribution >= 0.6 is 15.9 Å². The average molecular weight is 473 g/mol. The number of guanidine groups is 1. The molecule has 0 radical (unpaired) electrons. The predicted molar refractivity (Wildman–Crippen MR) is 105 cm³/mol. The second-order valence-corrected chi connectivity index (χ2v) is 7.95. The summed E-state index contributed by atoms with van der Waals surface area (Å²) < 4.78 is 40.0. The maximum atomic E-state index is 13.2. The highest BCUT2D eigenvalue weighted by Gasteiger charge is 2.54. The van der Waals surface area contributed by atoms with Crippen molar-refractivity contribution in [1.29, 1.82) is 0 Å². The Labute approximate surface area is 174 Å². The number of hydrogen-bond donors (Lipinski definition) is 1. The van der Waals surface area contributed by atoms with Crippen molar-refractivity contribution in [3.63, 3.8) is 0 Å². The van der Waals surface area contributed by atoms with Crippen molar-refractivity contribution < 1.29 is 22.8 Å². The number of carbonyl (C=O) groups is 2. The lowest BCUT2D eigenvalue weighted by molar-refractivity contribution is -0.147. The van der Waals surface area contributed by atoms with Crippen LogP contribution in [0.5, 0.6) is 0 Å². The van der Waals surface area contributed by atoms with Gasteiger partial charge in [0.15, 0.2) is 17.3 Å². The Morgan fingerprint density at radius 1 is 1.41 bits per heavy atom. The Morgan fingerprint density at radius 3 is 2.62 bits per heavy atom. The summed E-state index contributed by atoms with van der Waals surface area (Å²) in [6, 6.07) is 5.81. The Hall–Kier alpha value is -2.36. The SMILES string of the molecule is CCC(=O)C1CC(C2(c3cccc(Br)c3)N=C(N)N(C)C2=O)=CN1CC(F)(F)F. The van der Waals surface area contributed by atoms with Crippen LogP contribution in [0.2, 0.25) is 0 Å². The predicted octanol–water partition coefficient (Wildman–Crippen LogP) is 2.93. The van der Waals surface area contributed by atoms with Crippen LogP contribution in [-0.2, 0) is 15.1 Å². The number of rotatable bonds is 5. The molecule has 1 aromatic carbocycles. The highest BCUT2D eigenvalue weighted by atomic mass is 79.9. The van der Waals surface area contributed by atoms with Crippen molar-refractivity contribution in [2.45, 2.75) is 37.5 Å². The number of Topliss-reactive ketones (excluding diaryl/α,β-unsaturated/α-hetero) is 1. The molecule has 2 N–H and O–H groups in total. The van der Waals surface area contributed by atoms with Crippen LogP contribution in [0.15, 0.2) is 45.5 Å². The highest BCUT2D eigenvalue weighted by molar-refractivity contribution is 9.10. The van der Waals surface area contributed by atoms with Crippen LogP contribution in [-0.4, -0.2) is 53.3 Å². The van der Waals surface area contributed by atoms with E-state index < -0.39 is 30.2 Å². The Balaban J connectivity index is 2.15. The molecule has 2 heterocycles. The van der Waals surface area contributed by atoms with Gasteiger partial charge < -0.3 is 10.6 Å². The van der Waals surface area contributed by atoms with Gasteiger partial charge in [0.05, 0.1) is 6.04 Å². The molecule has 2 atom stereocenters. The van der Waals surface area contributed by atoms with Gasteiger partial charge in [-0.25, -0.2) is 4.99 Å². The summed E-state index contributed by atoms with van der Waals surface area (Å²) in [5.74, 6) is -0.847. The fraction of sp³-hybridized carbons (Fsp3) is 0.421. The molecule has 10 heteroatoms. The second kappa shape index (κ2) is 7.47. The van der Waals surface area contributed by atoms with E-state index in [9.17, 15) is 22.8 Å². The number of amides is 1. The first kappa shape index (κ1) is 21.4. The van der Waals surface area contributed by atoms with E-state index in [1.54, 1.807) is 31.2 Å². The number of halogens is 4. The first-order valence-electron chi connectivity index (χ1n) is 8.95. The van der Waals surface area contributed by atoms with Crippen LogP contribution in [0.3, 0.4) is 0 Å². The molecule has 0 saturated carbocycles. The van der Waals surface area contributed by atoms with Crippen LogP contribution in [0.1, 0.15) is 25.3 Å². The minimum atomic E-state index is -4.50. The number of alkyl halides is 3. The molecule has 3 rings (SSSR count). The molecule has 0 fully saturated rings. The van der Waals surface area contributed by atoms with Crippen LogP contribution in [0, 0.1) is 0 Å². The molecular weight excluding hydrogens is 453 g/mol. The normalized spacial score (nSPS) is 24.8. The molecule has 2 unspecified atom stereocenters. The maximum absolute atomic E-state index is 13.2. The summed E-state index contributed by atoms with van der Waals surface area (Å²) in [5, 5.41) is 0. The first-order chi connectivity index (χ1) is 13.5. The monoisotopic (exact) mass is 472 g/mol. The molecule has 29 heavy (non-hydrogen) atoms. The van der Waals surface area contributed by atoms with Gasteiger partial charge in [-0.15, -0.1) is 0 Å². The number of carbonyl (C=O) groups excluding carboxylic acids is 2. The molecular formula is C19H20BrF3N4O2. The molecule has 1 aromatic rings. The minimum absolute atomic E-state index is 0.0361. The zero-order chi connectivity index (χ0) is 21.6. The standard InChI is InChI=1S/C19H20BrF3N4O2/c1-3-15(28)14-8-12(9-27(14)10-18(21,22)23)19(11-5-4-6-13(20)7-11)16(29)26(2)17(24)25-19/h4-7,9,14H,3,8,10H2,1-2H3,(H2,24,25). The van der Waals surface area contributed by atoms with Gasteiger partial charge in [0.2, 0.25) is 0 Å². The largest absolute Gasteiger partial charge is 0.405 e. The minimum Gasteiger partial charge on any atom is -0.369 e. The fourth-order valence-corrected chi connectivity index (χ4v) is 4.14. The van der Waals surface area contributed by atoms with Crippen LogP contribution in [0.4, 0.5) is 13.2 Å². The summed E-state index contributed by atoms with van der Waals surface area (Å²) in [5.41, 5.74) is 5.07. The van der Waals surface area contributed by atoms with Gasteiger partial charge in [0.25, 0.3) is 5.91 Å². The first-order valence-corrected chi connectivity index (χ1v) is 9.74. The van der Waals surface area contributed by atoms with Crippen LogP contribution < -0.4 is 5.73 Å². The van der Waals surface area contributed by atoms with Crippen molar-refractivity contribution in [2.24, 2.45) is 10.7 Å². The average Bonchev–Trinajstić information content (AvgIpc) is 3.15. The quantitative estimate of drug-likeness (QED) is 0.714. The van der Waals surface area contributed by atoms with Gasteiger partial charge in [-0.2, -0.15) is 13.2 Å². The van der Waals surface area contributed by atoms with E-state index in [-0.39, 0.29) is 24.6 Å². The number of nitrogens with zero attached hydrogens (tertiary/aromatic N) is 3. The van der Waals surface area contributed by atoms with Crippen LogP contribution in [0.25, 0.3) is 0 Å². The third-order valence-corrected chi connectivity index (χ3v) is 5.66. The van der Waals surface area contributed by atoms with Gasteiger partial charge in [-0.3, -0.25) is 14.5 Å². The molecule has 0 spiro atoms. The van der Waals surface area contributed by atoms with E-state index >= 15 is 0 Å². The van der Waals surface area contributed by atoms with E-state index in [0.717, 1.165) is 4.90 Å². The molecule has 0 bridgehead atoms. The van der Waals surface area contributed by atoms with Crippen molar-refractivity contribution in [2.75, 3.05) is 13.6 Å². The summed E-state index contributed by atoms with van der Waals surface area (Å²) >= 11 is 3.35. The van der Waals surface area contributed by atoms with Crippen molar-refractivity contribution in [3.8, 4) is 0 Å². The molecule has 0 aliphatic carbocycles. The van der Waals surface area contributed by atoms with Gasteiger partial charge in [-0.1, -0.05) is 35.0 Å². The van der Waals surface area contributed by atoms with Crippen molar-refractivity contribution in [1.82, 2.24) is 9.80 Å². The molecule has 2 aliphatic rings. The summed E-state index contributed by atoms with van der Waals surface area (Å²) in [6.45, 7) is 0.311. The smallest absolute Gasteiger partial charge is 0.369 e. The Morgan fingerprint density at radius 2 is 2.10 bits per heavy atom. The van der Waals surface area contributed by atoms with Gasteiger partial charge in [0.1, 0.15) is 6.54 Å². The van der Waals surface area contributed by atoms with E-state index in [2.05, 4.69) is 20.9 Å². The number of nitrogens with two attached hydrogens (primary N) is 1. The molecule has 1 amide bonds. The number of ketones is 1. The topological polar surface area (TPSA) is 79.0 Å². The third-order valence-electron chi connectivity index (χ3n) is 5.16. The maximum Gasteiger partial charge on any atom is 0.405 e. The molecule has 0 aromatic heterocycles. The van der Waals surface area contributed by atoms with Gasteiger partial charge in [0, 0.05) is 30.6 Å². The van der Waals surface area contributed by atoms with Crippen molar-refractivity contribution in [3.05, 3.63) is 46.1 Å². The van der Waals surface area contributed by atoms with E-state index in [1.165, 1.54) is 18.1 Å². The lowest BCUT2D eigenvalue weighted by Crippen LogP contribution is -2.42. The molecule has 156 valence electrons. The van der Waals surface area contributed by atoms with E-state index in [1.807, 2.05) is 0 Å². The second-order valence-electron chi connectivity index (χ2n) is 7.04. The lowest BCUT2D eigenvalue weighted by Gasteiger charge is -2.27. The molecule has 2 aliphatic heterocycles. The van der Waals surface area contributed by atoms with Gasteiger partial charge >= 0.3 is 6.18 Å². The van der Waals surface area contributed by atoms with Gasteiger partial charge in [-0.05, 0) is 23.3 Å². The Bertz CT molecular complexity index is 915. The Kier molecular flexibility index (Phi) is 5.50. The highest BCUT2D eigenvalue weighted by Crippen LogP contribution is 2.45. The van der Waals surface area contributed by atoms with Crippen molar-refractivity contribution >= 4 is 33.6 Å². The number of aliphatic imine (C=N–C) groups is 1. The summed E-state index contributed by atoms with van der Waals surface area (Å²) in [6.07, 6.45) is -3.20. The molecule has 6 nitrogen and oxygen atoms in total. The summed E-state index contributed by atoms with van der Waals surface area (Å²) in [4.78, 5) is 32.1. The number of benzene rings is 1. The summed E-state index contributed by atoms with van der Waals surface area (Å²) in [7, 11) is 1.46. The fourth-order valence-electron chi connectivity index (χ4n) is 3.74. The van der Waals surface area contributed by atoms with E-state index in [4.69, 9.17) is 5.73 Å². The lowest BCUT2D eigenvalue weighted by atomic mass is 9.81. The molecule has 0 saturated heterocycles. The zero-order valence-corrected chi connectivity index (χ0v) is 17.4.